The zero-order chi connectivity index (χ0) is 17.8. The largest absolute Gasteiger partial charge is 0.395 e. The number of carbonyl (C=O) groups excluding carboxylic acids is 2. The molecule has 2 aromatic rings. The van der Waals surface area contributed by atoms with E-state index in [-0.39, 0.29) is 31.0 Å². The molecule has 25 heavy (non-hydrogen) atoms. The Morgan fingerprint density at radius 3 is 2.76 bits per heavy atom. The summed E-state index contributed by atoms with van der Waals surface area (Å²) in [6, 6.07) is 14.7. The second kappa shape index (κ2) is 7.49. The topological polar surface area (TPSA) is 69.6 Å². The van der Waals surface area contributed by atoms with Crippen molar-refractivity contribution in [3.8, 4) is 0 Å². The van der Waals surface area contributed by atoms with Gasteiger partial charge in [-0.2, -0.15) is 0 Å². The number of rotatable bonds is 5. The third kappa shape index (κ3) is 3.72. The van der Waals surface area contributed by atoms with Gasteiger partial charge in [0.2, 0.25) is 0 Å². The van der Waals surface area contributed by atoms with Gasteiger partial charge in [0.25, 0.3) is 0 Å². The van der Waals surface area contributed by atoms with Crippen molar-refractivity contribution in [3.05, 3.63) is 65.2 Å². The summed E-state index contributed by atoms with van der Waals surface area (Å²) >= 11 is 0. The Balaban J connectivity index is 1.80. The van der Waals surface area contributed by atoms with Crippen LogP contribution in [0.5, 0.6) is 0 Å². The van der Waals surface area contributed by atoms with Gasteiger partial charge in [0, 0.05) is 17.8 Å². The standard InChI is InChI=1S/C20H22N2O3/c1-14(24)16-6-4-7-17(13-16)21-20(25)22(11-12-23)19-10-9-15-5-2-3-8-18(15)19/h2-8,13,19,23H,9-12H2,1H3,(H,21,25)/t19-/m1/s1. The van der Waals surface area contributed by atoms with Crippen LogP contribution < -0.4 is 5.32 Å². The number of aliphatic hydroxyl groups excluding tert-OH is 1. The van der Waals surface area contributed by atoms with Gasteiger partial charge in [-0.25, -0.2) is 4.79 Å². The number of hydrogen-bond donors (Lipinski definition) is 2. The molecule has 0 fully saturated rings. The molecule has 0 saturated heterocycles. The Morgan fingerprint density at radius 1 is 1.20 bits per heavy atom. The minimum atomic E-state index is -0.267. The molecule has 130 valence electrons. The number of aryl methyl sites for hydroxylation is 1. The molecule has 0 saturated carbocycles. The average Bonchev–Trinajstić information content (AvgIpc) is 3.03. The zero-order valence-electron chi connectivity index (χ0n) is 14.2. The van der Waals surface area contributed by atoms with Gasteiger partial charge in [0.1, 0.15) is 0 Å². The van der Waals surface area contributed by atoms with Gasteiger partial charge < -0.3 is 15.3 Å². The van der Waals surface area contributed by atoms with Gasteiger partial charge in [0.15, 0.2) is 5.78 Å². The molecule has 0 spiro atoms. The zero-order valence-corrected chi connectivity index (χ0v) is 14.2. The van der Waals surface area contributed by atoms with Crippen molar-refractivity contribution in [3.63, 3.8) is 0 Å². The van der Waals surface area contributed by atoms with Crippen molar-refractivity contribution in [1.29, 1.82) is 0 Å². The van der Waals surface area contributed by atoms with E-state index >= 15 is 0 Å². The highest BCUT2D eigenvalue weighted by Gasteiger charge is 2.30. The maximum Gasteiger partial charge on any atom is 0.322 e. The van der Waals surface area contributed by atoms with Crippen LogP contribution in [0.2, 0.25) is 0 Å². The molecule has 1 aliphatic carbocycles. The van der Waals surface area contributed by atoms with E-state index in [1.807, 2.05) is 18.2 Å². The van der Waals surface area contributed by atoms with Crippen LogP contribution in [-0.4, -0.2) is 35.0 Å². The number of nitrogens with zero attached hydrogens (tertiary/aromatic N) is 1. The Labute approximate surface area is 147 Å². The third-order valence-corrected chi connectivity index (χ3v) is 4.60. The number of fused-ring (bicyclic) bond motifs is 1. The summed E-state index contributed by atoms with van der Waals surface area (Å²) in [7, 11) is 0. The summed E-state index contributed by atoms with van der Waals surface area (Å²) in [6.07, 6.45) is 1.77. The number of Topliss-reactive ketones (excluding diaryl/α,β-unsaturated/α-hetero) is 1. The van der Waals surface area contributed by atoms with Gasteiger partial charge in [-0.1, -0.05) is 36.4 Å². The molecule has 0 heterocycles. The van der Waals surface area contributed by atoms with Gasteiger partial charge in [-0.05, 0) is 43.0 Å². The first-order valence-corrected chi connectivity index (χ1v) is 8.47. The van der Waals surface area contributed by atoms with Crippen LogP contribution in [-0.2, 0) is 6.42 Å². The van der Waals surface area contributed by atoms with Crippen molar-refractivity contribution in [2.24, 2.45) is 0 Å². The lowest BCUT2D eigenvalue weighted by Gasteiger charge is -2.29. The lowest BCUT2D eigenvalue weighted by atomic mass is 10.1. The van der Waals surface area contributed by atoms with E-state index < -0.39 is 0 Å². The highest BCUT2D eigenvalue weighted by Crippen LogP contribution is 2.35. The molecule has 0 unspecified atom stereocenters. The van der Waals surface area contributed by atoms with Crippen LogP contribution in [0.15, 0.2) is 48.5 Å². The van der Waals surface area contributed by atoms with E-state index in [0.29, 0.717) is 11.3 Å². The molecule has 3 rings (SSSR count). The fraction of sp³-hybridized carbons (Fsp3) is 0.300. The number of urea groups is 1. The minimum absolute atomic E-state index is 0.0423. The highest BCUT2D eigenvalue weighted by molar-refractivity contribution is 5.96. The molecule has 5 heteroatoms. The minimum Gasteiger partial charge on any atom is -0.395 e. The van der Waals surface area contributed by atoms with Crippen molar-refractivity contribution in [2.75, 3.05) is 18.5 Å². The molecule has 1 aliphatic rings. The number of amides is 2. The van der Waals surface area contributed by atoms with Crippen molar-refractivity contribution in [2.45, 2.75) is 25.8 Å². The summed E-state index contributed by atoms with van der Waals surface area (Å²) in [5.74, 6) is -0.0481. The highest BCUT2D eigenvalue weighted by atomic mass is 16.3. The molecule has 0 aromatic heterocycles. The quantitative estimate of drug-likeness (QED) is 0.821. The van der Waals surface area contributed by atoms with Crippen molar-refractivity contribution >= 4 is 17.5 Å². The lowest BCUT2D eigenvalue weighted by Crippen LogP contribution is -2.39. The number of anilines is 1. The summed E-state index contributed by atoms with van der Waals surface area (Å²) in [4.78, 5) is 26.0. The third-order valence-electron chi connectivity index (χ3n) is 4.60. The number of nitrogens with one attached hydrogen (secondary N) is 1. The molecular formula is C20H22N2O3. The summed E-state index contributed by atoms with van der Waals surface area (Å²) in [5, 5.41) is 12.3. The number of aliphatic hydroxyl groups is 1. The summed E-state index contributed by atoms with van der Waals surface area (Å²) in [6.45, 7) is 1.66. The maximum absolute atomic E-state index is 12.8. The molecule has 1 atom stereocenters. The summed E-state index contributed by atoms with van der Waals surface area (Å²) < 4.78 is 0. The molecule has 5 nitrogen and oxygen atoms in total. The number of ketones is 1. The van der Waals surface area contributed by atoms with E-state index in [2.05, 4.69) is 11.4 Å². The van der Waals surface area contributed by atoms with Gasteiger partial charge in [0.05, 0.1) is 12.6 Å². The van der Waals surface area contributed by atoms with Crippen LogP contribution in [0.4, 0.5) is 10.5 Å². The summed E-state index contributed by atoms with van der Waals surface area (Å²) in [5.41, 5.74) is 3.52. The van der Waals surface area contributed by atoms with Crippen molar-refractivity contribution in [1.82, 2.24) is 4.90 Å². The van der Waals surface area contributed by atoms with E-state index in [9.17, 15) is 14.7 Å². The second-order valence-electron chi connectivity index (χ2n) is 6.24. The average molecular weight is 338 g/mol. The molecular weight excluding hydrogens is 316 g/mol. The fourth-order valence-corrected chi connectivity index (χ4v) is 3.38. The first kappa shape index (κ1) is 17.2. The van der Waals surface area contributed by atoms with E-state index in [1.165, 1.54) is 12.5 Å². The Kier molecular flexibility index (Phi) is 5.14. The first-order valence-electron chi connectivity index (χ1n) is 8.47. The molecule has 2 N–H and O–H groups in total. The van der Waals surface area contributed by atoms with Crippen LogP contribution in [0.25, 0.3) is 0 Å². The monoisotopic (exact) mass is 338 g/mol. The van der Waals surface area contributed by atoms with Gasteiger partial charge in [-0.3, -0.25) is 4.79 Å². The number of hydrogen-bond acceptors (Lipinski definition) is 3. The smallest absolute Gasteiger partial charge is 0.322 e. The molecule has 2 amide bonds. The molecule has 0 aliphatic heterocycles. The Hall–Kier alpha value is -2.66. The van der Waals surface area contributed by atoms with E-state index in [1.54, 1.807) is 29.2 Å². The Morgan fingerprint density at radius 2 is 2.00 bits per heavy atom. The predicted molar refractivity (Wildman–Crippen MR) is 96.8 cm³/mol. The normalized spacial score (nSPS) is 15.5. The fourth-order valence-electron chi connectivity index (χ4n) is 3.38. The lowest BCUT2D eigenvalue weighted by molar-refractivity contribution is 0.101. The van der Waals surface area contributed by atoms with E-state index in [0.717, 1.165) is 18.4 Å². The maximum atomic E-state index is 12.8. The van der Waals surface area contributed by atoms with Gasteiger partial charge in [-0.15, -0.1) is 0 Å². The van der Waals surface area contributed by atoms with Crippen LogP contribution in [0, 0.1) is 0 Å². The second-order valence-corrected chi connectivity index (χ2v) is 6.24. The van der Waals surface area contributed by atoms with Crippen LogP contribution in [0.1, 0.15) is 40.9 Å². The van der Waals surface area contributed by atoms with Crippen LogP contribution >= 0.6 is 0 Å². The molecule has 0 radical (unpaired) electrons. The van der Waals surface area contributed by atoms with E-state index in [4.69, 9.17) is 0 Å². The SMILES string of the molecule is CC(=O)c1cccc(NC(=O)N(CCO)[C@@H]2CCc3ccccc32)c1. The Bertz CT molecular complexity index is 788. The number of benzene rings is 2. The molecule has 0 bridgehead atoms. The first-order chi connectivity index (χ1) is 12.1. The van der Waals surface area contributed by atoms with Crippen LogP contribution in [0.3, 0.4) is 0 Å². The molecule has 2 aromatic carbocycles. The number of carbonyl (C=O) groups is 2. The predicted octanol–water partition coefficient (Wildman–Crippen LogP) is 3.40. The van der Waals surface area contributed by atoms with Crippen molar-refractivity contribution < 1.29 is 14.7 Å². The van der Waals surface area contributed by atoms with Gasteiger partial charge >= 0.3 is 6.03 Å².